The Morgan fingerprint density at radius 1 is 1.22 bits per heavy atom. The van der Waals surface area contributed by atoms with Gasteiger partial charge < -0.3 is 15.1 Å². The van der Waals surface area contributed by atoms with E-state index in [9.17, 15) is 0 Å². The van der Waals surface area contributed by atoms with Crippen LogP contribution in [0.15, 0.2) is 10.8 Å². The summed E-state index contributed by atoms with van der Waals surface area (Å²) < 4.78 is 0.930. The zero-order valence-electron chi connectivity index (χ0n) is 11.6. The highest BCUT2D eigenvalue weighted by molar-refractivity contribution is 9.10. The fourth-order valence-electron chi connectivity index (χ4n) is 1.45. The van der Waals surface area contributed by atoms with Gasteiger partial charge in [-0.3, -0.25) is 0 Å². The van der Waals surface area contributed by atoms with Crippen molar-refractivity contribution in [2.75, 3.05) is 51.0 Å². The highest BCUT2D eigenvalue weighted by Gasteiger charge is 2.12. The summed E-state index contributed by atoms with van der Waals surface area (Å²) >= 11 is 3.58. The molecule has 0 saturated heterocycles. The molecule has 6 heteroatoms. The average Bonchev–Trinajstić information content (AvgIpc) is 2.34. The molecule has 1 aromatic heterocycles. The predicted molar refractivity (Wildman–Crippen MR) is 80.3 cm³/mol. The molecule has 1 N–H and O–H groups in total. The number of likely N-dealkylation sites (N-methyl/N-ethyl adjacent to an activating group) is 2. The summed E-state index contributed by atoms with van der Waals surface area (Å²) in [6.45, 7) is 4.96. The minimum Gasteiger partial charge on any atom is -0.369 e. The molecule has 1 aromatic rings. The molecule has 0 aliphatic heterocycles. The van der Waals surface area contributed by atoms with E-state index in [1.54, 1.807) is 6.33 Å². The van der Waals surface area contributed by atoms with Crippen molar-refractivity contribution in [2.45, 2.75) is 13.3 Å². The van der Waals surface area contributed by atoms with Crippen molar-refractivity contribution in [3.8, 4) is 0 Å². The van der Waals surface area contributed by atoms with Gasteiger partial charge in [0, 0.05) is 26.7 Å². The van der Waals surface area contributed by atoms with Crippen molar-refractivity contribution >= 4 is 27.6 Å². The highest BCUT2D eigenvalue weighted by Crippen LogP contribution is 2.28. The van der Waals surface area contributed by atoms with Gasteiger partial charge in [0.05, 0.1) is 0 Å². The Hall–Kier alpha value is -0.880. The molecule has 0 unspecified atom stereocenters. The number of nitrogens with zero attached hydrogens (tertiary/aromatic N) is 4. The molecule has 5 nitrogen and oxygen atoms in total. The Morgan fingerprint density at radius 3 is 2.56 bits per heavy atom. The van der Waals surface area contributed by atoms with Crippen LogP contribution >= 0.6 is 15.9 Å². The molecule has 1 heterocycles. The quantitative estimate of drug-likeness (QED) is 0.834. The molecule has 0 spiro atoms. The average molecular weight is 316 g/mol. The molecule has 0 aliphatic rings. The number of hydrogen-bond donors (Lipinski definition) is 1. The topological polar surface area (TPSA) is 44.3 Å². The van der Waals surface area contributed by atoms with Crippen LogP contribution in [-0.2, 0) is 0 Å². The first-order valence-corrected chi connectivity index (χ1v) is 6.95. The zero-order chi connectivity index (χ0) is 13.5. The van der Waals surface area contributed by atoms with Gasteiger partial charge in [-0.1, -0.05) is 6.92 Å². The molecular formula is C12H22BrN5. The minimum atomic E-state index is 0.860. The van der Waals surface area contributed by atoms with Crippen LogP contribution < -0.4 is 10.2 Å². The predicted octanol–water partition coefficient (Wildman–Crippen LogP) is 2.06. The van der Waals surface area contributed by atoms with E-state index in [0.29, 0.717) is 0 Å². The Bertz CT molecular complexity index is 369. The second kappa shape index (κ2) is 7.53. The fraction of sp³-hybridized carbons (Fsp3) is 0.667. The maximum Gasteiger partial charge on any atom is 0.148 e. The van der Waals surface area contributed by atoms with Gasteiger partial charge in [-0.2, -0.15) is 0 Å². The van der Waals surface area contributed by atoms with Crippen molar-refractivity contribution in [1.29, 1.82) is 0 Å². The summed E-state index contributed by atoms with van der Waals surface area (Å²) in [5.41, 5.74) is 0. The second-order valence-corrected chi connectivity index (χ2v) is 5.30. The van der Waals surface area contributed by atoms with Crippen LogP contribution in [0, 0.1) is 0 Å². The van der Waals surface area contributed by atoms with Crippen LogP contribution in [0.25, 0.3) is 0 Å². The number of halogens is 1. The Kier molecular flexibility index (Phi) is 6.35. The van der Waals surface area contributed by atoms with E-state index in [-0.39, 0.29) is 0 Å². The van der Waals surface area contributed by atoms with E-state index < -0.39 is 0 Å². The monoisotopic (exact) mass is 315 g/mol. The fourth-order valence-corrected chi connectivity index (χ4v) is 2.10. The number of hydrogen-bond acceptors (Lipinski definition) is 5. The molecule has 0 aromatic carbocycles. The van der Waals surface area contributed by atoms with E-state index in [1.807, 2.05) is 7.05 Å². The molecule has 1 rings (SSSR count). The summed E-state index contributed by atoms with van der Waals surface area (Å²) in [5, 5.41) is 3.29. The molecule has 0 amide bonds. The second-order valence-electron chi connectivity index (χ2n) is 4.51. The first-order valence-electron chi connectivity index (χ1n) is 6.16. The molecule has 0 aliphatic carbocycles. The van der Waals surface area contributed by atoms with Crippen LogP contribution in [0.5, 0.6) is 0 Å². The molecule has 102 valence electrons. The lowest BCUT2D eigenvalue weighted by Gasteiger charge is -2.22. The largest absolute Gasteiger partial charge is 0.369 e. The Labute approximate surface area is 118 Å². The Balaban J connectivity index is 2.75. The van der Waals surface area contributed by atoms with E-state index in [4.69, 9.17) is 0 Å². The molecule has 0 fully saturated rings. The number of nitrogens with one attached hydrogen (secondary N) is 1. The summed E-state index contributed by atoms with van der Waals surface area (Å²) in [7, 11) is 6.17. The third kappa shape index (κ3) is 4.42. The van der Waals surface area contributed by atoms with Crippen LogP contribution in [0.1, 0.15) is 13.3 Å². The standard InChI is InChI=1S/C12H22BrN5/c1-5-6-14-11-10(13)12(16-9-15-11)18(4)8-7-17(2)3/h9H,5-8H2,1-4H3,(H,14,15,16). The maximum absolute atomic E-state index is 4.33. The summed E-state index contributed by atoms with van der Waals surface area (Å²) in [4.78, 5) is 12.9. The van der Waals surface area contributed by atoms with E-state index in [1.165, 1.54) is 0 Å². The summed E-state index contributed by atoms with van der Waals surface area (Å²) in [6.07, 6.45) is 2.67. The molecular weight excluding hydrogens is 294 g/mol. The maximum atomic E-state index is 4.33. The lowest BCUT2D eigenvalue weighted by atomic mass is 10.4. The van der Waals surface area contributed by atoms with Crippen LogP contribution in [-0.4, -0.2) is 55.6 Å². The molecule has 0 atom stereocenters. The summed E-state index contributed by atoms with van der Waals surface area (Å²) in [5.74, 6) is 1.78. The van der Waals surface area contributed by atoms with Crippen molar-refractivity contribution in [2.24, 2.45) is 0 Å². The number of aromatic nitrogens is 2. The molecule has 0 saturated carbocycles. The van der Waals surface area contributed by atoms with Gasteiger partial charge in [-0.15, -0.1) is 0 Å². The third-order valence-corrected chi connectivity index (χ3v) is 3.29. The lowest BCUT2D eigenvalue weighted by molar-refractivity contribution is 0.416. The van der Waals surface area contributed by atoms with Gasteiger partial charge in [0.1, 0.15) is 22.4 Å². The smallest absolute Gasteiger partial charge is 0.148 e. The van der Waals surface area contributed by atoms with E-state index in [0.717, 1.165) is 42.2 Å². The van der Waals surface area contributed by atoms with E-state index >= 15 is 0 Å². The van der Waals surface area contributed by atoms with Crippen molar-refractivity contribution in [3.63, 3.8) is 0 Å². The third-order valence-electron chi connectivity index (χ3n) is 2.56. The van der Waals surface area contributed by atoms with Crippen LogP contribution in [0.4, 0.5) is 11.6 Å². The summed E-state index contributed by atoms with van der Waals surface area (Å²) in [6, 6.07) is 0. The van der Waals surface area contributed by atoms with Crippen molar-refractivity contribution in [1.82, 2.24) is 14.9 Å². The molecule has 18 heavy (non-hydrogen) atoms. The number of rotatable bonds is 7. The SMILES string of the molecule is CCCNc1ncnc(N(C)CCN(C)C)c1Br. The van der Waals surface area contributed by atoms with Gasteiger partial charge in [0.15, 0.2) is 0 Å². The van der Waals surface area contributed by atoms with Crippen molar-refractivity contribution in [3.05, 3.63) is 10.8 Å². The molecule has 0 bridgehead atoms. The van der Waals surface area contributed by atoms with Crippen LogP contribution in [0.2, 0.25) is 0 Å². The lowest BCUT2D eigenvalue weighted by Crippen LogP contribution is -2.29. The van der Waals surface area contributed by atoms with Crippen molar-refractivity contribution < 1.29 is 0 Å². The van der Waals surface area contributed by atoms with Gasteiger partial charge in [0.2, 0.25) is 0 Å². The first-order chi connectivity index (χ1) is 8.56. The minimum absolute atomic E-state index is 0.860. The van der Waals surface area contributed by atoms with Gasteiger partial charge in [-0.05, 0) is 36.4 Å². The zero-order valence-corrected chi connectivity index (χ0v) is 13.2. The van der Waals surface area contributed by atoms with Gasteiger partial charge in [-0.25, -0.2) is 9.97 Å². The van der Waals surface area contributed by atoms with Crippen LogP contribution in [0.3, 0.4) is 0 Å². The number of anilines is 2. The van der Waals surface area contributed by atoms with E-state index in [2.05, 4.69) is 62.0 Å². The molecule has 0 radical (unpaired) electrons. The van der Waals surface area contributed by atoms with Gasteiger partial charge >= 0.3 is 0 Å². The first kappa shape index (κ1) is 15.2. The highest BCUT2D eigenvalue weighted by atomic mass is 79.9. The van der Waals surface area contributed by atoms with Gasteiger partial charge in [0.25, 0.3) is 0 Å². The normalized spacial score (nSPS) is 10.8. The Morgan fingerprint density at radius 2 is 1.94 bits per heavy atom.